The zero-order chi connectivity index (χ0) is 29.9. The number of anilines is 3. The zero-order valence-electron chi connectivity index (χ0n) is 24.5. The van der Waals surface area contributed by atoms with Crippen LogP contribution in [0.4, 0.5) is 22.1 Å². The van der Waals surface area contributed by atoms with E-state index in [-0.39, 0.29) is 28.6 Å². The first kappa shape index (κ1) is 28.9. The van der Waals surface area contributed by atoms with Crippen LogP contribution in [0, 0.1) is 12.8 Å². The maximum Gasteiger partial charge on any atom is 0.324 e. The van der Waals surface area contributed by atoms with Crippen LogP contribution in [0.3, 0.4) is 0 Å². The van der Waals surface area contributed by atoms with Gasteiger partial charge in [0.15, 0.2) is 11.6 Å². The number of piperidine rings is 1. The molecule has 0 spiro atoms. The Morgan fingerprint density at radius 2 is 1.64 bits per heavy atom. The number of urea groups is 1. The number of carbonyl (C=O) groups is 2. The number of nitrogen functional groups attached to an aromatic ring is 1. The van der Waals surface area contributed by atoms with E-state index in [0.29, 0.717) is 11.5 Å². The number of hydrogen-bond acceptors (Lipinski definition) is 7. The third-order valence-corrected chi connectivity index (χ3v) is 7.62. The van der Waals surface area contributed by atoms with E-state index < -0.39 is 11.9 Å². The van der Waals surface area contributed by atoms with Crippen molar-refractivity contribution < 1.29 is 9.59 Å². The molecule has 0 bridgehead atoms. The van der Waals surface area contributed by atoms with Gasteiger partial charge in [0, 0.05) is 29.6 Å². The normalized spacial score (nSPS) is 14.8. The summed E-state index contributed by atoms with van der Waals surface area (Å²) < 4.78 is 1.75. The molecule has 0 radical (unpaired) electrons. The number of rotatable bonds is 7. The minimum atomic E-state index is -0.409. The highest BCUT2D eigenvalue weighted by Gasteiger charge is 2.33. The molecule has 1 aliphatic heterocycles. The molecule has 10 nitrogen and oxygen atoms in total. The minimum Gasteiger partial charge on any atom is -0.382 e. The maximum atomic E-state index is 13.7. The Bertz CT molecular complexity index is 1550. The Morgan fingerprint density at radius 3 is 2.29 bits per heavy atom. The molecule has 2 amide bonds. The molecular formula is C32H38N8O2. The predicted octanol–water partition coefficient (Wildman–Crippen LogP) is 5.46. The van der Waals surface area contributed by atoms with Crippen LogP contribution in [0.2, 0.25) is 0 Å². The Kier molecular flexibility index (Phi) is 8.35. The lowest BCUT2D eigenvalue weighted by molar-refractivity contribution is 0.0911. The van der Waals surface area contributed by atoms with Gasteiger partial charge in [-0.1, -0.05) is 50.6 Å². The van der Waals surface area contributed by atoms with Gasteiger partial charge in [-0.15, -0.1) is 0 Å². The molecule has 0 aliphatic carbocycles. The molecule has 0 saturated carbocycles. The number of nitrogens with two attached hydrogens (primary N) is 1. The van der Waals surface area contributed by atoms with Gasteiger partial charge in [0.1, 0.15) is 11.5 Å². The Balaban J connectivity index is 1.35. The summed E-state index contributed by atoms with van der Waals surface area (Å²) in [6.45, 7) is 9.98. The number of ketones is 1. The van der Waals surface area contributed by atoms with Crippen LogP contribution in [-0.2, 0) is 5.41 Å². The summed E-state index contributed by atoms with van der Waals surface area (Å²) in [5, 5.41) is 14.0. The topological polar surface area (TPSA) is 140 Å². The van der Waals surface area contributed by atoms with Crippen LogP contribution in [0.5, 0.6) is 0 Å². The number of Topliss-reactive ketones (excluding diaryl/α,β-unsaturated/α-hetero) is 1. The molecule has 1 atom stereocenters. The van der Waals surface area contributed by atoms with E-state index in [2.05, 4.69) is 46.7 Å². The van der Waals surface area contributed by atoms with Gasteiger partial charge in [0.05, 0.1) is 17.3 Å². The minimum absolute atomic E-state index is 0.134. The van der Waals surface area contributed by atoms with Gasteiger partial charge >= 0.3 is 6.03 Å². The van der Waals surface area contributed by atoms with Crippen molar-refractivity contribution in [3.63, 3.8) is 0 Å². The van der Waals surface area contributed by atoms with Crippen molar-refractivity contribution in [3.8, 4) is 5.69 Å². The van der Waals surface area contributed by atoms with Gasteiger partial charge in [0.2, 0.25) is 0 Å². The Hall–Kier alpha value is -4.57. The van der Waals surface area contributed by atoms with E-state index in [4.69, 9.17) is 10.8 Å². The van der Waals surface area contributed by atoms with E-state index in [1.165, 1.54) is 12.4 Å². The molecule has 2 aromatic carbocycles. The van der Waals surface area contributed by atoms with Gasteiger partial charge in [-0.25, -0.2) is 19.4 Å². The average molecular weight is 567 g/mol. The SMILES string of the molecule is Cc1ccc(-n2nc(C(C)(C)C)cc2NC(=O)Nc2ccc(C(C(=O)c3nccnc3N)C3CCNCC3)cc2)cc1. The lowest BCUT2D eigenvalue weighted by Crippen LogP contribution is -2.34. The standard InChI is InChI=1S/C32H38N8O2/c1-20-5-11-24(12-6-20)40-26(19-25(39-40)32(2,3)4)38-31(42)37-23-9-7-21(8-10-23)27(22-13-15-34-16-14-22)29(41)28-30(33)36-18-17-35-28/h5-12,17-19,22,27,34H,13-16H2,1-4H3,(H2,33,36)(H2,37,38,42). The van der Waals surface area contributed by atoms with Crippen LogP contribution in [0.25, 0.3) is 5.69 Å². The highest BCUT2D eigenvalue weighted by Crippen LogP contribution is 2.35. The molecule has 1 saturated heterocycles. The molecule has 1 unspecified atom stereocenters. The van der Waals surface area contributed by atoms with Crippen LogP contribution >= 0.6 is 0 Å². The highest BCUT2D eigenvalue weighted by molar-refractivity contribution is 6.03. The van der Waals surface area contributed by atoms with Gasteiger partial charge in [-0.05, 0) is 68.6 Å². The molecule has 3 heterocycles. The van der Waals surface area contributed by atoms with Gasteiger partial charge < -0.3 is 16.4 Å². The van der Waals surface area contributed by atoms with Crippen molar-refractivity contribution >= 4 is 29.1 Å². The fraction of sp³-hybridized carbons (Fsp3) is 0.344. The first-order chi connectivity index (χ1) is 20.1. The first-order valence-corrected chi connectivity index (χ1v) is 14.3. The van der Waals surface area contributed by atoms with Gasteiger partial charge in [-0.3, -0.25) is 10.1 Å². The lowest BCUT2D eigenvalue weighted by Gasteiger charge is -2.30. The van der Waals surface area contributed by atoms with Crippen LogP contribution in [0.1, 0.15) is 66.8 Å². The van der Waals surface area contributed by atoms with Crippen LogP contribution < -0.4 is 21.7 Å². The third kappa shape index (κ3) is 6.49. The molecule has 1 fully saturated rings. The van der Waals surface area contributed by atoms with Crippen molar-refractivity contribution in [1.29, 1.82) is 0 Å². The van der Waals surface area contributed by atoms with Crippen molar-refractivity contribution in [2.75, 3.05) is 29.5 Å². The molecule has 1 aliphatic rings. The summed E-state index contributed by atoms with van der Waals surface area (Å²) in [6, 6.07) is 16.9. The number of amides is 2. The molecule has 218 valence electrons. The average Bonchev–Trinajstić information content (AvgIpc) is 3.39. The molecule has 5 N–H and O–H groups in total. The van der Waals surface area contributed by atoms with E-state index in [0.717, 1.165) is 48.4 Å². The Labute approximate surface area is 246 Å². The molecule has 4 aromatic rings. The number of nitrogens with zero attached hydrogens (tertiary/aromatic N) is 4. The quantitative estimate of drug-likeness (QED) is 0.218. The summed E-state index contributed by atoms with van der Waals surface area (Å²) >= 11 is 0. The molecule has 5 rings (SSSR count). The summed E-state index contributed by atoms with van der Waals surface area (Å²) in [4.78, 5) is 35.1. The van der Waals surface area contributed by atoms with E-state index in [9.17, 15) is 9.59 Å². The second kappa shape index (κ2) is 12.1. The molecular weight excluding hydrogens is 528 g/mol. The fourth-order valence-electron chi connectivity index (χ4n) is 5.27. The molecule has 10 heteroatoms. The maximum absolute atomic E-state index is 13.7. The monoisotopic (exact) mass is 566 g/mol. The number of aromatic nitrogens is 4. The van der Waals surface area contributed by atoms with Crippen molar-refractivity contribution in [2.45, 2.75) is 51.9 Å². The second-order valence-electron chi connectivity index (χ2n) is 11.8. The van der Waals surface area contributed by atoms with Gasteiger partial charge in [-0.2, -0.15) is 5.10 Å². The molecule has 42 heavy (non-hydrogen) atoms. The largest absolute Gasteiger partial charge is 0.382 e. The molecule has 2 aromatic heterocycles. The van der Waals surface area contributed by atoms with Gasteiger partial charge in [0.25, 0.3) is 0 Å². The smallest absolute Gasteiger partial charge is 0.324 e. The van der Waals surface area contributed by atoms with E-state index in [1.54, 1.807) is 4.68 Å². The van der Waals surface area contributed by atoms with Crippen LogP contribution in [0.15, 0.2) is 67.0 Å². The predicted molar refractivity (Wildman–Crippen MR) is 165 cm³/mol. The first-order valence-electron chi connectivity index (χ1n) is 14.3. The summed E-state index contributed by atoms with van der Waals surface area (Å²) in [7, 11) is 0. The second-order valence-corrected chi connectivity index (χ2v) is 11.8. The number of nitrogens with one attached hydrogen (secondary N) is 3. The highest BCUT2D eigenvalue weighted by atomic mass is 16.2. The number of aryl methyl sites for hydroxylation is 1. The zero-order valence-corrected chi connectivity index (χ0v) is 24.5. The van der Waals surface area contributed by atoms with Crippen molar-refractivity contribution in [1.82, 2.24) is 25.1 Å². The fourth-order valence-corrected chi connectivity index (χ4v) is 5.27. The third-order valence-electron chi connectivity index (χ3n) is 7.62. The lowest BCUT2D eigenvalue weighted by atomic mass is 9.77. The summed E-state index contributed by atoms with van der Waals surface area (Å²) in [6.07, 6.45) is 4.70. The number of benzene rings is 2. The van der Waals surface area contributed by atoms with Crippen LogP contribution in [-0.4, -0.2) is 44.7 Å². The van der Waals surface area contributed by atoms with Crippen molar-refractivity contribution in [2.24, 2.45) is 5.92 Å². The van der Waals surface area contributed by atoms with E-state index >= 15 is 0 Å². The number of carbonyl (C=O) groups excluding carboxylic acids is 2. The van der Waals surface area contributed by atoms with Crippen molar-refractivity contribution in [3.05, 3.63) is 89.5 Å². The number of hydrogen-bond donors (Lipinski definition) is 4. The summed E-state index contributed by atoms with van der Waals surface area (Å²) in [5.74, 6) is 0.298. The Morgan fingerprint density at radius 1 is 0.976 bits per heavy atom. The van der Waals surface area contributed by atoms with E-state index in [1.807, 2.05) is 61.5 Å². The summed E-state index contributed by atoms with van der Waals surface area (Å²) in [5.41, 5.74) is 10.3.